The number of benzene rings is 2. The van der Waals surface area contributed by atoms with Crippen LogP contribution in [0.4, 0.5) is 5.69 Å². The van der Waals surface area contributed by atoms with E-state index in [4.69, 9.17) is 10.5 Å². The Balaban J connectivity index is 1.96. The van der Waals surface area contributed by atoms with Gasteiger partial charge in [-0.1, -0.05) is 12.1 Å². The number of methoxy groups -OCH3 is 1. The zero-order chi connectivity index (χ0) is 14.1. The van der Waals surface area contributed by atoms with Gasteiger partial charge in [-0.25, -0.2) is 0 Å². The van der Waals surface area contributed by atoms with E-state index in [2.05, 4.69) is 21.0 Å². The third-order valence-electron chi connectivity index (χ3n) is 3.31. The number of ether oxygens (including phenoxy) is 1. The maximum atomic E-state index is 6.05. The van der Waals surface area contributed by atoms with Crippen molar-refractivity contribution in [3.63, 3.8) is 0 Å². The van der Waals surface area contributed by atoms with Gasteiger partial charge in [0.05, 0.1) is 31.1 Å². The average molecular weight is 332 g/mol. The van der Waals surface area contributed by atoms with Gasteiger partial charge in [-0.05, 0) is 45.8 Å². The Morgan fingerprint density at radius 1 is 1.20 bits per heavy atom. The molecule has 3 rings (SSSR count). The molecule has 4 nitrogen and oxygen atoms in total. The Labute approximate surface area is 125 Å². The Hall–Kier alpha value is -2.01. The summed E-state index contributed by atoms with van der Waals surface area (Å²) < 4.78 is 8.00. The third kappa shape index (κ3) is 2.25. The van der Waals surface area contributed by atoms with E-state index in [1.807, 2.05) is 41.1 Å². The molecule has 0 aliphatic rings. The van der Waals surface area contributed by atoms with Crippen molar-refractivity contribution in [1.29, 1.82) is 0 Å². The summed E-state index contributed by atoms with van der Waals surface area (Å²) in [6, 6.07) is 11.9. The highest BCUT2D eigenvalue weighted by Crippen LogP contribution is 2.28. The van der Waals surface area contributed by atoms with Gasteiger partial charge in [0, 0.05) is 9.86 Å². The highest BCUT2D eigenvalue weighted by molar-refractivity contribution is 9.10. The first kappa shape index (κ1) is 13.0. The molecule has 0 unspecified atom stereocenters. The van der Waals surface area contributed by atoms with E-state index < -0.39 is 0 Å². The zero-order valence-corrected chi connectivity index (χ0v) is 12.6. The molecule has 0 amide bonds. The predicted octanol–water partition coefficient (Wildman–Crippen LogP) is 3.44. The number of nitrogens with zero attached hydrogens (tertiary/aromatic N) is 2. The topological polar surface area (TPSA) is 53.1 Å². The van der Waals surface area contributed by atoms with E-state index in [-0.39, 0.29) is 0 Å². The summed E-state index contributed by atoms with van der Waals surface area (Å²) in [6.45, 7) is 0.703. The number of anilines is 1. The molecule has 5 heteroatoms. The minimum Gasteiger partial charge on any atom is -0.497 e. The average Bonchev–Trinajstić information content (AvgIpc) is 2.87. The van der Waals surface area contributed by atoms with Crippen molar-refractivity contribution < 1.29 is 4.74 Å². The summed E-state index contributed by atoms with van der Waals surface area (Å²) in [6.07, 6.45) is 1.80. The van der Waals surface area contributed by atoms with Crippen LogP contribution in [0.15, 0.2) is 47.1 Å². The Morgan fingerprint density at radius 3 is 2.65 bits per heavy atom. The number of nitrogen functional groups attached to an aromatic ring is 1. The van der Waals surface area contributed by atoms with Crippen LogP contribution in [0.1, 0.15) is 5.56 Å². The second-order valence-corrected chi connectivity index (χ2v) is 5.40. The van der Waals surface area contributed by atoms with Crippen LogP contribution in [0, 0.1) is 0 Å². The molecule has 2 N–H and O–H groups in total. The van der Waals surface area contributed by atoms with Crippen LogP contribution in [0.5, 0.6) is 5.75 Å². The molecule has 0 bridgehead atoms. The number of aromatic nitrogens is 2. The first-order chi connectivity index (χ1) is 9.69. The molecule has 20 heavy (non-hydrogen) atoms. The predicted molar refractivity (Wildman–Crippen MR) is 83.9 cm³/mol. The van der Waals surface area contributed by atoms with Gasteiger partial charge >= 0.3 is 0 Å². The molecule has 102 valence electrons. The summed E-state index contributed by atoms with van der Waals surface area (Å²) in [5.74, 6) is 0.854. The van der Waals surface area contributed by atoms with Gasteiger partial charge in [0.25, 0.3) is 0 Å². The smallest absolute Gasteiger partial charge is 0.118 e. The number of hydrogen-bond donors (Lipinski definition) is 1. The Kier molecular flexibility index (Phi) is 3.36. The van der Waals surface area contributed by atoms with Crippen LogP contribution in [0.3, 0.4) is 0 Å². The molecule has 1 heterocycles. The summed E-state index contributed by atoms with van der Waals surface area (Å²) in [4.78, 5) is 0. The molecule has 1 aromatic heterocycles. The fourth-order valence-corrected chi connectivity index (χ4v) is 2.52. The lowest BCUT2D eigenvalue weighted by molar-refractivity contribution is 0.414. The Bertz CT molecular complexity index is 750. The summed E-state index contributed by atoms with van der Waals surface area (Å²) in [5, 5.41) is 5.39. The molecule has 0 spiro atoms. The van der Waals surface area contributed by atoms with Crippen LogP contribution in [0.2, 0.25) is 0 Å². The van der Waals surface area contributed by atoms with Crippen LogP contribution >= 0.6 is 15.9 Å². The highest BCUT2D eigenvalue weighted by atomic mass is 79.9. The van der Waals surface area contributed by atoms with E-state index in [0.29, 0.717) is 6.54 Å². The van der Waals surface area contributed by atoms with Gasteiger partial charge in [-0.2, -0.15) is 5.10 Å². The van der Waals surface area contributed by atoms with Crippen LogP contribution in [-0.4, -0.2) is 16.9 Å². The SMILES string of the molecule is COc1ccc(Cn2ncc3c(N)c(Br)ccc32)cc1. The van der Waals surface area contributed by atoms with Gasteiger partial charge in [0.2, 0.25) is 0 Å². The Morgan fingerprint density at radius 2 is 1.95 bits per heavy atom. The molecule has 0 radical (unpaired) electrons. The molecule has 0 fully saturated rings. The maximum absolute atomic E-state index is 6.05. The van der Waals surface area contributed by atoms with Gasteiger partial charge in [-0.15, -0.1) is 0 Å². The van der Waals surface area contributed by atoms with Crippen molar-refractivity contribution >= 4 is 32.5 Å². The van der Waals surface area contributed by atoms with E-state index in [1.165, 1.54) is 0 Å². The standard InChI is InChI=1S/C15H14BrN3O/c1-20-11-4-2-10(3-5-11)9-19-14-7-6-13(16)15(17)12(14)8-18-19/h2-8H,9,17H2,1H3. The van der Waals surface area contributed by atoms with Crippen molar-refractivity contribution in [1.82, 2.24) is 9.78 Å². The van der Waals surface area contributed by atoms with Crippen molar-refractivity contribution in [2.75, 3.05) is 12.8 Å². The molecular weight excluding hydrogens is 318 g/mol. The van der Waals surface area contributed by atoms with Crippen molar-refractivity contribution in [2.45, 2.75) is 6.54 Å². The highest BCUT2D eigenvalue weighted by Gasteiger charge is 2.08. The number of fused-ring (bicyclic) bond motifs is 1. The van der Waals surface area contributed by atoms with Gasteiger partial charge in [0.15, 0.2) is 0 Å². The normalized spacial score (nSPS) is 10.9. The summed E-state index contributed by atoms with van der Waals surface area (Å²) in [5.41, 5.74) is 8.96. The molecule has 0 saturated heterocycles. The molecule has 0 aliphatic carbocycles. The van der Waals surface area contributed by atoms with Crippen LogP contribution in [-0.2, 0) is 6.54 Å². The van der Waals surface area contributed by atoms with E-state index in [0.717, 1.165) is 32.4 Å². The maximum Gasteiger partial charge on any atom is 0.118 e. The number of halogens is 1. The van der Waals surface area contributed by atoms with E-state index >= 15 is 0 Å². The minimum atomic E-state index is 0.703. The molecular formula is C15H14BrN3O. The fraction of sp³-hybridized carbons (Fsp3) is 0.133. The molecule has 3 aromatic rings. The van der Waals surface area contributed by atoms with E-state index in [9.17, 15) is 0 Å². The van der Waals surface area contributed by atoms with Crippen molar-refractivity contribution in [2.24, 2.45) is 0 Å². The minimum absolute atomic E-state index is 0.703. The first-order valence-electron chi connectivity index (χ1n) is 6.21. The molecule has 0 saturated carbocycles. The largest absolute Gasteiger partial charge is 0.497 e. The monoisotopic (exact) mass is 331 g/mol. The third-order valence-corrected chi connectivity index (χ3v) is 4.00. The second kappa shape index (κ2) is 5.17. The van der Waals surface area contributed by atoms with Crippen LogP contribution in [0.25, 0.3) is 10.9 Å². The summed E-state index contributed by atoms with van der Waals surface area (Å²) in [7, 11) is 1.66. The number of nitrogens with two attached hydrogens (primary N) is 1. The lowest BCUT2D eigenvalue weighted by Crippen LogP contribution is -2.01. The lowest BCUT2D eigenvalue weighted by atomic mass is 10.2. The van der Waals surface area contributed by atoms with Gasteiger partial charge in [0.1, 0.15) is 5.75 Å². The quantitative estimate of drug-likeness (QED) is 0.748. The fourth-order valence-electron chi connectivity index (χ4n) is 2.18. The molecule has 0 aliphatic heterocycles. The van der Waals surface area contributed by atoms with Crippen molar-refractivity contribution in [3.8, 4) is 5.75 Å². The van der Waals surface area contributed by atoms with Gasteiger partial charge in [-0.3, -0.25) is 4.68 Å². The van der Waals surface area contributed by atoms with Crippen LogP contribution < -0.4 is 10.5 Å². The molecule has 2 aromatic carbocycles. The zero-order valence-electron chi connectivity index (χ0n) is 11.0. The number of rotatable bonds is 3. The summed E-state index contributed by atoms with van der Waals surface area (Å²) >= 11 is 3.43. The number of hydrogen-bond acceptors (Lipinski definition) is 3. The lowest BCUT2D eigenvalue weighted by Gasteiger charge is -2.06. The van der Waals surface area contributed by atoms with Crippen molar-refractivity contribution in [3.05, 3.63) is 52.6 Å². The first-order valence-corrected chi connectivity index (χ1v) is 7.01. The second-order valence-electron chi connectivity index (χ2n) is 4.54. The van der Waals surface area contributed by atoms with E-state index in [1.54, 1.807) is 13.3 Å². The van der Waals surface area contributed by atoms with Gasteiger partial charge < -0.3 is 10.5 Å². The molecule has 0 atom stereocenters.